The SMILES string of the molecule is CC1CS(=O)(=O)CC1OP(C)(C)=O. The lowest BCUT2D eigenvalue weighted by Crippen LogP contribution is -2.18. The summed E-state index contributed by atoms with van der Waals surface area (Å²) in [6, 6.07) is 0. The van der Waals surface area contributed by atoms with Gasteiger partial charge >= 0.3 is 0 Å². The first-order valence-corrected chi connectivity index (χ1v) is 8.47. The van der Waals surface area contributed by atoms with Crippen LogP contribution in [0.15, 0.2) is 0 Å². The molecule has 1 aliphatic rings. The quantitative estimate of drug-likeness (QED) is 0.658. The standard InChI is InChI=1S/C7H15O4PS/c1-6-4-13(9,10)5-7(6)11-12(2,3)8/h6-7H,4-5H2,1-3H3. The van der Waals surface area contributed by atoms with E-state index in [2.05, 4.69) is 0 Å². The monoisotopic (exact) mass is 226 g/mol. The van der Waals surface area contributed by atoms with Crippen LogP contribution in [0.4, 0.5) is 0 Å². The number of rotatable bonds is 2. The highest BCUT2D eigenvalue weighted by molar-refractivity contribution is 7.91. The molecule has 4 nitrogen and oxygen atoms in total. The molecule has 13 heavy (non-hydrogen) atoms. The van der Waals surface area contributed by atoms with Gasteiger partial charge in [0.05, 0.1) is 17.6 Å². The molecule has 0 aromatic heterocycles. The van der Waals surface area contributed by atoms with Gasteiger partial charge in [0.2, 0.25) is 0 Å². The van der Waals surface area contributed by atoms with Crippen LogP contribution in [-0.4, -0.2) is 39.4 Å². The van der Waals surface area contributed by atoms with Crippen LogP contribution in [0.2, 0.25) is 0 Å². The second kappa shape index (κ2) is 3.37. The van der Waals surface area contributed by atoms with Crippen molar-refractivity contribution in [3.8, 4) is 0 Å². The maximum absolute atomic E-state index is 11.3. The minimum atomic E-state index is -2.96. The Balaban J connectivity index is 2.70. The Kier molecular flexibility index (Phi) is 2.91. The average Bonchev–Trinajstić information content (AvgIpc) is 2.00. The van der Waals surface area contributed by atoms with E-state index in [0.717, 1.165) is 0 Å². The van der Waals surface area contributed by atoms with E-state index < -0.39 is 17.2 Å². The molecule has 1 rings (SSSR count). The van der Waals surface area contributed by atoms with Gasteiger partial charge in [-0.2, -0.15) is 0 Å². The van der Waals surface area contributed by atoms with Gasteiger partial charge in [-0.1, -0.05) is 6.92 Å². The molecule has 0 saturated carbocycles. The van der Waals surface area contributed by atoms with Crippen LogP contribution in [0.5, 0.6) is 0 Å². The van der Waals surface area contributed by atoms with Gasteiger partial charge in [-0.05, 0) is 5.92 Å². The van der Waals surface area contributed by atoms with Gasteiger partial charge in [-0.25, -0.2) is 8.42 Å². The summed E-state index contributed by atoms with van der Waals surface area (Å²) >= 11 is 0. The van der Waals surface area contributed by atoms with Gasteiger partial charge in [0.25, 0.3) is 0 Å². The third-order valence-corrected chi connectivity index (χ3v) is 4.61. The highest BCUT2D eigenvalue weighted by atomic mass is 32.2. The first-order chi connectivity index (χ1) is 5.70. The first-order valence-electron chi connectivity index (χ1n) is 4.13. The van der Waals surface area contributed by atoms with Gasteiger partial charge in [0, 0.05) is 13.3 Å². The van der Waals surface area contributed by atoms with Crippen LogP contribution in [0.25, 0.3) is 0 Å². The lowest BCUT2D eigenvalue weighted by atomic mass is 10.1. The van der Waals surface area contributed by atoms with Gasteiger partial charge in [-0.15, -0.1) is 0 Å². The summed E-state index contributed by atoms with van der Waals surface area (Å²) in [5.41, 5.74) is 0. The molecule has 2 atom stereocenters. The molecule has 1 heterocycles. The number of hydrogen-bond acceptors (Lipinski definition) is 4. The van der Waals surface area contributed by atoms with Crippen molar-refractivity contribution in [3.05, 3.63) is 0 Å². The van der Waals surface area contributed by atoms with Crippen LogP contribution in [0.1, 0.15) is 6.92 Å². The van der Waals surface area contributed by atoms with Crippen molar-refractivity contribution in [2.75, 3.05) is 24.8 Å². The Labute approximate surface area is 79.0 Å². The Morgan fingerprint density at radius 3 is 2.15 bits per heavy atom. The van der Waals surface area contributed by atoms with Crippen molar-refractivity contribution < 1.29 is 17.5 Å². The van der Waals surface area contributed by atoms with Crippen LogP contribution >= 0.6 is 7.37 Å². The largest absolute Gasteiger partial charge is 0.324 e. The fourth-order valence-electron chi connectivity index (χ4n) is 1.45. The maximum atomic E-state index is 11.3. The van der Waals surface area contributed by atoms with E-state index in [1.807, 2.05) is 6.92 Å². The molecule has 0 bridgehead atoms. The summed E-state index contributed by atoms with van der Waals surface area (Å²) in [5, 5.41) is 0. The van der Waals surface area contributed by atoms with Crippen LogP contribution < -0.4 is 0 Å². The minimum absolute atomic E-state index is 0.0137. The molecular formula is C7H15O4PS. The Bertz CT molecular complexity index is 328. The second-order valence-electron chi connectivity index (χ2n) is 3.95. The normalized spacial score (nSPS) is 33.5. The van der Waals surface area contributed by atoms with Crippen molar-refractivity contribution in [1.29, 1.82) is 0 Å². The molecule has 0 aromatic carbocycles. The molecule has 0 aliphatic carbocycles. The summed E-state index contributed by atoms with van der Waals surface area (Å²) in [6.07, 6.45) is -0.383. The van der Waals surface area contributed by atoms with Crippen molar-refractivity contribution in [2.24, 2.45) is 5.92 Å². The Morgan fingerprint density at radius 2 is 1.85 bits per heavy atom. The zero-order valence-electron chi connectivity index (χ0n) is 8.06. The van der Waals surface area contributed by atoms with E-state index in [1.165, 1.54) is 13.3 Å². The number of sulfone groups is 1. The van der Waals surface area contributed by atoms with Crippen LogP contribution in [-0.2, 0) is 18.9 Å². The van der Waals surface area contributed by atoms with Gasteiger partial charge in [0.1, 0.15) is 0 Å². The van der Waals surface area contributed by atoms with Gasteiger partial charge in [-0.3, -0.25) is 4.57 Å². The summed E-state index contributed by atoms with van der Waals surface area (Å²) in [7, 11) is -5.54. The third-order valence-electron chi connectivity index (χ3n) is 1.96. The second-order valence-corrected chi connectivity index (χ2v) is 8.82. The zero-order valence-corrected chi connectivity index (χ0v) is 9.77. The third kappa shape index (κ3) is 3.41. The minimum Gasteiger partial charge on any atom is -0.324 e. The van der Waals surface area contributed by atoms with E-state index in [4.69, 9.17) is 4.52 Å². The lowest BCUT2D eigenvalue weighted by Gasteiger charge is -2.17. The molecular weight excluding hydrogens is 211 g/mol. The predicted octanol–water partition coefficient (Wildman–Crippen LogP) is 0.974. The Hall–Kier alpha value is 0.140. The van der Waals surface area contributed by atoms with Crippen LogP contribution in [0.3, 0.4) is 0 Å². The summed E-state index contributed by atoms with van der Waals surface area (Å²) in [5.74, 6) is 0.121. The van der Waals surface area contributed by atoms with Crippen molar-refractivity contribution in [1.82, 2.24) is 0 Å². The molecule has 0 aromatic rings. The van der Waals surface area contributed by atoms with Gasteiger partial charge in [0.15, 0.2) is 17.2 Å². The molecule has 78 valence electrons. The van der Waals surface area contributed by atoms with Gasteiger partial charge < -0.3 is 4.52 Å². The smallest absolute Gasteiger partial charge is 0.197 e. The summed E-state index contributed by atoms with van der Waals surface area (Å²) < 4.78 is 38.9. The lowest BCUT2D eigenvalue weighted by molar-refractivity contribution is 0.191. The van der Waals surface area contributed by atoms with Crippen LogP contribution in [0, 0.1) is 5.92 Å². The predicted molar refractivity (Wildman–Crippen MR) is 52.1 cm³/mol. The first kappa shape index (κ1) is 11.2. The van der Waals surface area contributed by atoms with E-state index in [1.54, 1.807) is 0 Å². The fourth-order valence-corrected chi connectivity index (χ4v) is 4.54. The Morgan fingerprint density at radius 1 is 1.31 bits per heavy atom. The topological polar surface area (TPSA) is 60.4 Å². The molecule has 1 fully saturated rings. The van der Waals surface area contributed by atoms with E-state index in [0.29, 0.717) is 0 Å². The van der Waals surface area contributed by atoms with Crippen molar-refractivity contribution in [3.63, 3.8) is 0 Å². The molecule has 1 aliphatic heterocycles. The van der Waals surface area contributed by atoms with E-state index >= 15 is 0 Å². The molecule has 0 amide bonds. The highest BCUT2D eigenvalue weighted by Crippen LogP contribution is 2.42. The summed E-state index contributed by atoms with van der Waals surface area (Å²) in [4.78, 5) is 0. The highest BCUT2D eigenvalue weighted by Gasteiger charge is 2.37. The molecule has 6 heteroatoms. The number of hydrogen-bond donors (Lipinski definition) is 0. The van der Waals surface area contributed by atoms with Crippen molar-refractivity contribution in [2.45, 2.75) is 13.0 Å². The zero-order chi connectivity index (χ0) is 10.3. The molecule has 0 radical (unpaired) electrons. The van der Waals surface area contributed by atoms with E-state index in [-0.39, 0.29) is 23.5 Å². The maximum Gasteiger partial charge on any atom is 0.197 e. The fraction of sp³-hybridized carbons (Fsp3) is 1.00. The molecule has 1 saturated heterocycles. The van der Waals surface area contributed by atoms with E-state index in [9.17, 15) is 13.0 Å². The molecule has 2 unspecified atom stereocenters. The molecule has 0 N–H and O–H groups in total. The molecule has 0 spiro atoms. The summed E-state index contributed by atoms with van der Waals surface area (Å²) in [6.45, 7) is 4.82. The van der Waals surface area contributed by atoms with Crippen molar-refractivity contribution >= 4 is 17.2 Å². The average molecular weight is 226 g/mol.